The van der Waals surface area contributed by atoms with Crippen LogP contribution in [0.1, 0.15) is 13.3 Å². The lowest BCUT2D eigenvalue weighted by molar-refractivity contribution is 0.377. The zero-order chi connectivity index (χ0) is 12.8. The zero-order valence-electron chi connectivity index (χ0n) is 9.46. The van der Waals surface area contributed by atoms with Gasteiger partial charge in [0.2, 0.25) is 0 Å². The fourth-order valence-corrected chi connectivity index (χ4v) is 2.56. The number of nitrogens with one attached hydrogen (secondary N) is 2. The lowest BCUT2D eigenvalue weighted by Gasteiger charge is -2.08. The molecule has 0 saturated carbocycles. The van der Waals surface area contributed by atoms with E-state index < -0.39 is 20.5 Å². The maximum Gasteiger partial charge on any atom is 0.407 e. The van der Waals surface area contributed by atoms with Crippen molar-refractivity contribution in [3.05, 3.63) is 0 Å². The number of hydrogen-bond donors (Lipinski definition) is 5. The average molecular weight is 274 g/mol. The van der Waals surface area contributed by atoms with Gasteiger partial charge in [-0.15, -0.1) is 0 Å². The summed E-state index contributed by atoms with van der Waals surface area (Å²) in [5.41, 5.74) is 0. The molecule has 2 unspecified atom stereocenters. The molecule has 5 N–H and O–H groups in total. The lowest BCUT2D eigenvalue weighted by Crippen LogP contribution is -2.26. The molecule has 1 rings (SSSR count). The summed E-state index contributed by atoms with van der Waals surface area (Å²) >= 11 is 0. The van der Waals surface area contributed by atoms with Crippen molar-refractivity contribution in [1.29, 1.82) is 0 Å². The van der Waals surface area contributed by atoms with Gasteiger partial charge in [0.15, 0.2) is 0 Å². The monoisotopic (exact) mass is 274 g/mol. The maximum atomic E-state index is 10.4. The summed E-state index contributed by atoms with van der Waals surface area (Å²) in [5.74, 6) is 0. The molecule has 0 radical (unpaired) electrons. The van der Waals surface area contributed by atoms with Crippen molar-refractivity contribution in [1.82, 2.24) is 10.6 Å². The molecule has 0 aromatic heterocycles. The zero-order valence-corrected chi connectivity index (χ0v) is 11.2. The van der Waals surface area contributed by atoms with Crippen LogP contribution in [-0.2, 0) is 9.13 Å². The second-order valence-corrected chi connectivity index (χ2v) is 9.90. The first-order chi connectivity index (χ1) is 7.24. The second kappa shape index (κ2) is 6.87. The van der Waals surface area contributed by atoms with Gasteiger partial charge < -0.3 is 25.3 Å². The van der Waals surface area contributed by atoms with Crippen LogP contribution in [0.2, 0.25) is 0 Å². The van der Waals surface area contributed by atoms with Gasteiger partial charge in [0, 0.05) is 18.7 Å². The lowest BCUT2D eigenvalue weighted by atomic mass is 10.3. The summed E-state index contributed by atoms with van der Waals surface area (Å²) < 4.78 is 20.5. The summed E-state index contributed by atoms with van der Waals surface area (Å²) in [5, 5.41) is 6.46. The Hall–Kier alpha value is 0.260. The molecule has 1 saturated heterocycles. The number of likely N-dealkylation sites (N-methyl/N-ethyl adjacent to an activating group) is 1. The summed E-state index contributed by atoms with van der Waals surface area (Å²) in [4.78, 5) is 24.7. The van der Waals surface area contributed by atoms with E-state index in [0.717, 1.165) is 12.6 Å². The van der Waals surface area contributed by atoms with Crippen molar-refractivity contribution < 1.29 is 23.8 Å². The van der Waals surface area contributed by atoms with Crippen LogP contribution in [0.15, 0.2) is 0 Å². The summed E-state index contributed by atoms with van der Waals surface area (Å²) in [6.45, 7) is 3.59. The van der Waals surface area contributed by atoms with Crippen LogP contribution in [0.25, 0.3) is 0 Å². The highest BCUT2D eigenvalue weighted by Gasteiger charge is 2.37. The third kappa shape index (κ3) is 5.55. The van der Waals surface area contributed by atoms with Gasteiger partial charge in [-0.25, -0.2) is 4.57 Å². The molecule has 16 heavy (non-hydrogen) atoms. The highest BCUT2D eigenvalue weighted by Crippen LogP contribution is 2.73. The SMILES string of the molecule is CCP(=O)(O)P(=O)(O)O.CNC1CCNC1. The van der Waals surface area contributed by atoms with Gasteiger partial charge in [-0.2, -0.15) is 0 Å². The molecular formula is C7H20N2O5P2. The Labute approximate surface area is 95.1 Å². The van der Waals surface area contributed by atoms with Gasteiger partial charge >= 0.3 is 14.3 Å². The summed E-state index contributed by atoms with van der Waals surface area (Å²) in [6, 6.07) is 0.736. The van der Waals surface area contributed by atoms with E-state index in [2.05, 4.69) is 10.6 Å². The molecule has 0 aromatic carbocycles. The van der Waals surface area contributed by atoms with E-state index in [1.54, 1.807) is 0 Å². The van der Waals surface area contributed by atoms with Gasteiger partial charge in [0.25, 0.3) is 0 Å². The Bertz CT molecular complexity index is 287. The fraction of sp³-hybridized carbons (Fsp3) is 1.00. The van der Waals surface area contributed by atoms with E-state index in [1.165, 1.54) is 19.9 Å². The smallest absolute Gasteiger partial charge is 0.336 e. The van der Waals surface area contributed by atoms with Crippen LogP contribution in [0, 0.1) is 0 Å². The van der Waals surface area contributed by atoms with Gasteiger partial charge in [-0.1, -0.05) is 6.92 Å². The van der Waals surface area contributed by atoms with Gasteiger partial charge in [-0.3, -0.25) is 4.57 Å². The number of hydrogen-bond acceptors (Lipinski definition) is 4. The van der Waals surface area contributed by atoms with Crippen LogP contribution < -0.4 is 10.6 Å². The minimum atomic E-state index is -4.76. The Kier molecular flexibility index (Phi) is 6.98. The second-order valence-electron chi connectivity index (χ2n) is 3.47. The molecular weight excluding hydrogens is 254 g/mol. The predicted molar refractivity (Wildman–Crippen MR) is 62.7 cm³/mol. The average Bonchev–Trinajstić information content (AvgIpc) is 2.69. The van der Waals surface area contributed by atoms with Crippen molar-refractivity contribution in [2.75, 3.05) is 26.3 Å². The Balaban J connectivity index is 0.000000288. The van der Waals surface area contributed by atoms with E-state index in [-0.39, 0.29) is 0 Å². The molecule has 0 aliphatic carbocycles. The first kappa shape index (κ1) is 16.3. The Morgan fingerprint density at radius 3 is 2.06 bits per heavy atom. The van der Waals surface area contributed by atoms with Crippen molar-refractivity contribution in [2.24, 2.45) is 0 Å². The Morgan fingerprint density at radius 2 is 1.94 bits per heavy atom. The topological polar surface area (TPSA) is 119 Å². The minimum Gasteiger partial charge on any atom is -0.336 e. The van der Waals surface area contributed by atoms with Crippen molar-refractivity contribution in [3.63, 3.8) is 0 Å². The molecule has 1 aliphatic rings. The van der Waals surface area contributed by atoms with E-state index in [0.29, 0.717) is 0 Å². The quantitative estimate of drug-likeness (QED) is 0.457. The minimum absolute atomic E-state index is 0.392. The standard InChI is InChI=1S/C5H12N2.C2H8O5P2/c1-6-5-2-3-7-4-5;1-2-8(3,4)9(5,6)7/h5-7H,2-4H2,1H3;2H2,1H3,(H,3,4)(H2,5,6,7). The highest BCUT2D eigenvalue weighted by atomic mass is 32.1. The van der Waals surface area contributed by atoms with Gasteiger partial charge in [-0.05, 0) is 20.0 Å². The van der Waals surface area contributed by atoms with Crippen LogP contribution in [0.3, 0.4) is 0 Å². The van der Waals surface area contributed by atoms with E-state index in [1.807, 2.05) is 7.05 Å². The molecule has 7 nitrogen and oxygen atoms in total. The van der Waals surface area contributed by atoms with Gasteiger partial charge in [0.05, 0.1) is 0 Å². The van der Waals surface area contributed by atoms with Crippen molar-refractivity contribution in [2.45, 2.75) is 19.4 Å². The van der Waals surface area contributed by atoms with Gasteiger partial charge in [0.1, 0.15) is 0 Å². The molecule has 2 atom stereocenters. The first-order valence-corrected chi connectivity index (χ1v) is 9.16. The van der Waals surface area contributed by atoms with Crippen molar-refractivity contribution >= 4 is 14.3 Å². The molecule has 0 bridgehead atoms. The summed E-state index contributed by atoms with van der Waals surface area (Å²) in [6.07, 6.45) is 0.897. The molecule has 0 amide bonds. The van der Waals surface area contributed by atoms with Crippen LogP contribution in [0.4, 0.5) is 0 Å². The Morgan fingerprint density at radius 1 is 1.38 bits per heavy atom. The van der Waals surface area contributed by atoms with E-state index in [9.17, 15) is 9.13 Å². The van der Waals surface area contributed by atoms with E-state index in [4.69, 9.17) is 14.7 Å². The molecule has 0 spiro atoms. The van der Waals surface area contributed by atoms with Crippen LogP contribution >= 0.6 is 14.3 Å². The highest BCUT2D eigenvalue weighted by molar-refractivity contribution is 8.28. The predicted octanol–water partition coefficient (Wildman–Crippen LogP) is -0.0629. The van der Waals surface area contributed by atoms with E-state index >= 15 is 0 Å². The molecule has 1 aliphatic heterocycles. The molecule has 1 heterocycles. The fourth-order valence-electron chi connectivity index (χ4n) is 1.09. The third-order valence-electron chi connectivity index (χ3n) is 2.29. The molecule has 9 heteroatoms. The summed E-state index contributed by atoms with van der Waals surface area (Å²) in [7, 11) is -6.94. The first-order valence-electron chi connectivity index (χ1n) is 5.00. The molecule has 1 fully saturated rings. The molecule has 0 aromatic rings. The maximum absolute atomic E-state index is 10.4. The van der Waals surface area contributed by atoms with Crippen LogP contribution in [0.5, 0.6) is 0 Å². The molecule has 98 valence electrons. The van der Waals surface area contributed by atoms with Crippen LogP contribution in [-0.4, -0.2) is 47.0 Å². The largest absolute Gasteiger partial charge is 0.407 e. The normalized spacial score (nSPS) is 24.4. The van der Waals surface area contributed by atoms with Crippen molar-refractivity contribution in [3.8, 4) is 0 Å². The number of rotatable bonds is 3. The third-order valence-corrected chi connectivity index (χ3v) is 7.22.